The number of amides is 2. The first-order chi connectivity index (χ1) is 25.2. The Morgan fingerprint density at radius 2 is 1.37 bits per heavy atom. The van der Waals surface area contributed by atoms with Crippen LogP contribution in [-0.2, 0) is 23.7 Å². The van der Waals surface area contributed by atoms with E-state index in [2.05, 4.69) is 102 Å². The van der Waals surface area contributed by atoms with Crippen molar-refractivity contribution in [3.05, 3.63) is 78.4 Å². The van der Waals surface area contributed by atoms with Gasteiger partial charge in [0, 0.05) is 59.2 Å². The van der Waals surface area contributed by atoms with E-state index in [1.54, 1.807) is 0 Å². The van der Waals surface area contributed by atoms with Crippen LogP contribution in [0.25, 0.3) is 72.1 Å². The first kappa shape index (κ1) is 30.5. The summed E-state index contributed by atoms with van der Waals surface area (Å²) in [5, 5.41) is 17.1. The fourth-order valence-electron chi connectivity index (χ4n) is 7.65. The van der Waals surface area contributed by atoms with E-state index in [1.807, 2.05) is 37.9 Å². The third kappa shape index (κ3) is 4.81. The minimum atomic E-state index is 0.0486. The minimum Gasteiger partial charge on any atom is -0.342 e. The van der Waals surface area contributed by atoms with Crippen LogP contribution in [0.15, 0.2) is 67.3 Å². The molecule has 8 aromatic rings. The lowest BCUT2D eigenvalue weighted by Crippen LogP contribution is -2.29. The zero-order chi connectivity index (χ0) is 35.4. The van der Waals surface area contributed by atoms with Crippen molar-refractivity contribution >= 4 is 67.2 Å². The lowest BCUT2D eigenvalue weighted by Gasteiger charge is -2.10. The molecule has 0 spiro atoms. The number of carbonyl (C=O) groups excluding carboxylic acids is 2. The smallest absolute Gasteiger partial charge is 0.300 e. The van der Waals surface area contributed by atoms with E-state index in [0.29, 0.717) is 11.6 Å². The monoisotopic (exact) mass is 689 g/mol. The zero-order valence-electron chi connectivity index (χ0n) is 29.3. The van der Waals surface area contributed by atoms with Gasteiger partial charge in [-0.3, -0.25) is 14.6 Å². The van der Waals surface area contributed by atoms with Crippen molar-refractivity contribution in [1.29, 1.82) is 0 Å². The highest BCUT2D eigenvalue weighted by Gasteiger charge is 2.31. The molecular formula is C40H37N10O2+. The minimum absolute atomic E-state index is 0.0486. The van der Waals surface area contributed by atoms with Crippen LogP contribution in [0.3, 0.4) is 0 Å². The van der Waals surface area contributed by atoms with Crippen molar-refractivity contribution in [2.24, 2.45) is 25.9 Å². The van der Waals surface area contributed by atoms with Gasteiger partial charge in [-0.05, 0) is 98.2 Å². The molecule has 6 aromatic heterocycles. The highest BCUT2D eigenvalue weighted by molar-refractivity contribution is 5.99. The number of hydrogen-bond donors (Lipinski definition) is 4. The largest absolute Gasteiger partial charge is 0.342 e. The second-order valence-corrected chi connectivity index (χ2v) is 14.5. The van der Waals surface area contributed by atoms with Crippen LogP contribution >= 0.6 is 0 Å². The third-order valence-corrected chi connectivity index (χ3v) is 11.0. The van der Waals surface area contributed by atoms with Crippen molar-refractivity contribution in [1.82, 2.24) is 34.3 Å². The van der Waals surface area contributed by atoms with Crippen LogP contribution < -0.4 is 15.2 Å². The van der Waals surface area contributed by atoms with Crippen molar-refractivity contribution in [3.63, 3.8) is 0 Å². The number of rotatable bonds is 7. The van der Waals surface area contributed by atoms with E-state index in [1.165, 1.54) is 0 Å². The van der Waals surface area contributed by atoms with Crippen LogP contribution in [0.1, 0.15) is 36.8 Å². The van der Waals surface area contributed by atoms with E-state index >= 15 is 0 Å². The fraction of sp³-hybridized carbons (Fsp3) is 0.250. The maximum absolute atomic E-state index is 12.4. The van der Waals surface area contributed by atoms with Gasteiger partial charge in [0.1, 0.15) is 22.7 Å². The molecule has 52 heavy (non-hydrogen) atoms. The van der Waals surface area contributed by atoms with E-state index in [4.69, 9.17) is 5.10 Å². The molecule has 2 aliphatic carbocycles. The van der Waals surface area contributed by atoms with E-state index in [-0.39, 0.29) is 23.7 Å². The number of aromatic amines is 2. The average molecular weight is 690 g/mol. The topological polar surface area (TPSA) is 142 Å². The molecule has 0 atom stereocenters. The number of benzene rings is 2. The number of aryl methyl sites for hydroxylation is 4. The van der Waals surface area contributed by atoms with Crippen LogP contribution in [-0.4, -0.2) is 46.1 Å². The lowest BCUT2D eigenvalue weighted by atomic mass is 10.0. The van der Waals surface area contributed by atoms with Gasteiger partial charge in [-0.1, -0.05) is 6.07 Å². The van der Waals surface area contributed by atoms with Gasteiger partial charge in [0.15, 0.2) is 6.33 Å². The van der Waals surface area contributed by atoms with Crippen molar-refractivity contribution in [2.75, 3.05) is 10.6 Å². The molecule has 0 radical (unpaired) electrons. The quantitative estimate of drug-likeness (QED) is 0.137. The summed E-state index contributed by atoms with van der Waals surface area (Å²) in [5.74, 6) is 2.30. The Hall–Kier alpha value is -6.30. The highest BCUT2D eigenvalue weighted by atomic mass is 16.2. The number of hydrogen-bond acceptors (Lipinski definition) is 5. The Morgan fingerprint density at radius 1 is 0.769 bits per heavy atom. The summed E-state index contributed by atoms with van der Waals surface area (Å²) >= 11 is 0. The second kappa shape index (κ2) is 11.1. The Labute approximate surface area is 297 Å². The molecule has 0 bridgehead atoms. The van der Waals surface area contributed by atoms with Crippen LogP contribution in [0.2, 0.25) is 0 Å². The standard InChI is InChI=1S/C40H36N10O2/c1-20-11-29-32(16-27(20)31-13-25-15-36(42-18-34(25)49(31)4)45-40(52)23-7-8-23)50(19-43-29)38-37-21(2)26(9-10-28(37)46-47-38)30-12-24-14-35(41-17-33(24)48(30)3)44-39(51)22-5-6-22/h9-19,22-23H,5-8H2,1-4H3,(H3,41,42,44,45,46,47,51,52)/p+1. The van der Waals surface area contributed by atoms with E-state index in [0.717, 1.165) is 109 Å². The van der Waals surface area contributed by atoms with Gasteiger partial charge in [-0.2, -0.15) is 4.57 Å². The number of nitrogens with one attached hydrogen (secondary N) is 4. The van der Waals surface area contributed by atoms with Gasteiger partial charge < -0.3 is 19.8 Å². The van der Waals surface area contributed by atoms with Gasteiger partial charge in [-0.25, -0.2) is 15.1 Å². The molecule has 2 aromatic carbocycles. The van der Waals surface area contributed by atoms with Gasteiger partial charge >= 0.3 is 5.82 Å². The number of fused-ring (bicyclic) bond motifs is 4. The van der Waals surface area contributed by atoms with Gasteiger partial charge in [-0.15, -0.1) is 0 Å². The molecule has 0 saturated heterocycles. The molecule has 10 rings (SSSR count). The molecule has 258 valence electrons. The highest BCUT2D eigenvalue weighted by Crippen LogP contribution is 2.37. The summed E-state index contributed by atoms with van der Waals surface area (Å²) in [6.07, 6.45) is 9.43. The number of imidazole rings is 1. The fourth-order valence-corrected chi connectivity index (χ4v) is 7.65. The Balaban J connectivity index is 1.04. The predicted molar refractivity (Wildman–Crippen MR) is 201 cm³/mol. The Kier molecular flexibility index (Phi) is 6.51. The summed E-state index contributed by atoms with van der Waals surface area (Å²) in [4.78, 5) is 37.4. The molecule has 0 unspecified atom stereocenters. The van der Waals surface area contributed by atoms with Crippen molar-refractivity contribution < 1.29 is 14.2 Å². The van der Waals surface area contributed by atoms with E-state index in [9.17, 15) is 9.59 Å². The zero-order valence-corrected chi connectivity index (χ0v) is 29.3. The number of aromatic nitrogens is 8. The third-order valence-electron chi connectivity index (χ3n) is 11.0. The predicted octanol–water partition coefficient (Wildman–Crippen LogP) is 6.74. The number of pyridine rings is 2. The summed E-state index contributed by atoms with van der Waals surface area (Å²) in [5.41, 5.74) is 11.4. The molecular weight excluding hydrogens is 653 g/mol. The summed E-state index contributed by atoms with van der Waals surface area (Å²) in [7, 11) is 4.10. The molecule has 6 heterocycles. The summed E-state index contributed by atoms with van der Waals surface area (Å²) in [6.45, 7) is 4.27. The van der Waals surface area contributed by atoms with Gasteiger partial charge in [0.25, 0.3) is 0 Å². The van der Waals surface area contributed by atoms with Gasteiger partial charge in [0.2, 0.25) is 11.8 Å². The number of nitrogens with zero attached hydrogens (tertiary/aromatic N) is 6. The van der Waals surface area contributed by atoms with Crippen molar-refractivity contribution in [2.45, 2.75) is 39.5 Å². The maximum Gasteiger partial charge on any atom is 0.300 e. The molecule has 12 nitrogen and oxygen atoms in total. The SMILES string of the molecule is Cc1cc2[nH]c[n+](-c3n[nH]c4ccc(-c5cc6cc(NC(=O)C7CC7)ncc6n5C)c(C)c34)c2cc1-c1cc2cc(NC(=O)C3CC3)ncc2n1C. The molecule has 2 amide bonds. The first-order valence-electron chi connectivity index (χ1n) is 17.8. The van der Waals surface area contributed by atoms with Crippen molar-refractivity contribution in [3.8, 4) is 28.3 Å². The first-order valence-corrected chi connectivity index (χ1v) is 17.8. The molecule has 2 aliphatic rings. The molecule has 2 fully saturated rings. The Bertz CT molecular complexity index is 2810. The number of H-pyrrole nitrogens is 2. The lowest BCUT2D eigenvalue weighted by molar-refractivity contribution is -0.569. The summed E-state index contributed by atoms with van der Waals surface area (Å²) in [6, 6.07) is 16.9. The molecule has 0 aliphatic heterocycles. The van der Waals surface area contributed by atoms with Crippen LogP contribution in [0.4, 0.5) is 11.6 Å². The normalized spacial score (nSPS) is 14.6. The number of anilines is 2. The number of carbonyl (C=O) groups is 2. The second-order valence-electron chi connectivity index (χ2n) is 14.5. The van der Waals surface area contributed by atoms with E-state index < -0.39 is 0 Å². The van der Waals surface area contributed by atoms with Crippen LogP contribution in [0.5, 0.6) is 0 Å². The molecule has 4 N–H and O–H groups in total. The summed E-state index contributed by atoms with van der Waals surface area (Å²) < 4.78 is 6.42. The van der Waals surface area contributed by atoms with Crippen LogP contribution in [0, 0.1) is 25.7 Å². The average Bonchev–Trinajstić information content (AvgIpc) is 4.04. The Morgan fingerprint density at radius 3 is 1.96 bits per heavy atom. The molecule has 12 heteroatoms. The van der Waals surface area contributed by atoms with Gasteiger partial charge in [0.05, 0.1) is 34.3 Å². The maximum atomic E-state index is 12.4. The molecule has 2 saturated carbocycles.